The number of rotatable bonds is 5. The fraction of sp³-hybridized carbons (Fsp3) is 0.250. The van der Waals surface area contributed by atoms with Crippen LogP contribution in [0.3, 0.4) is 0 Å². The van der Waals surface area contributed by atoms with Crippen molar-refractivity contribution in [3.8, 4) is 11.5 Å². The molecule has 0 aliphatic rings. The molecule has 0 atom stereocenters. The summed E-state index contributed by atoms with van der Waals surface area (Å²) < 4.78 is 19.1. The van der Waals surface area contributed by atoms with E-state index in [0.29, 0.717) is 11.3 Å². The number of halogens is 1. The highest BCUT2D eigenvalue weighted by molar-refractivity contribution is 5.39. The summed E-state index contributed by atoms with van der Waals surface area (Å²) in [5.74, 6) is 1.24. The summed E-state index contributed by atoms with van der Waals surface area (Å²) >= 11 is 0. The van der Waals surface area contributed by atoms with Crippen LogP contribution in [0.15, 0.2) is 42.5 Å². The van der Waals surface area contributed by atoms with Crippen LogP contribution in [0.5, 0.6) is 11.5 Å². The number of benzene rings is 2. The minimum absolute atomic E-state index is 0.215. The summed E-state index contributed by atoms with van der Waals surface area (Å²) in [5.41, 5.74) is 1.67. The Hall–Kier alpha value is -1.87. The van der Waals surface area contributed by atoms with Crippen molar-refractivity contribution < 1.29 is 9.13 Å². The molecule has 0 spiro atoms. The minimum atomic E-state index is -0.215. The SMILES string of the molecule is CCNCc1ccccc1Oc1ccc(F)c(C)c1. The van der Waals surface area contributed by atoms with Gasteiger partial charge in [-0.3, -0.25) is 0 Å². The Balaban J connectivity index is 2.20. The summed E-state index contributed by atoms with van der Waals surface area (Å²) in [5, 5.41) is 3.27. The van der Waals surface area contributed by atoms with Crippen molar-refractivity contribution in [2.24, 2.45) is 0 Å². The van der Waals surface area contributed by atoms with Gasteiger partial charge in [-0.1, -0.05) is 25.1 Å². The average Bonchev–Trinajstić information content (AvgIpc) is 2.42. The van der Waals surface area contributed by atoms with Gasteiger partial charge >= 0.3 is 0 Å². The molecular weight excluding hydrogens is 241 g/mol. The first-order valence-electron chi connectivity index (χ1n) is 6.43. The quantitative estimate of drug-likeness (QED) is 0.875. The van der Waals surface area contributed by atoms with Crippen molar-refractivity contribution in [1.29, 1.82) is 0 Å². The maximum absolute atomic E-state index is 13.2. The van der Waals surface area contributed by atoms with Gasteiger partial charge in [0.25, 0.3) is 0 Å². The molecule has 1 N–H and O–H groups in total. The number of para-hydroxylation sites is 1. The number of hydrogen-bond acceptors (Lipinski definition) is 2. The van der Waals surface area contributed by atoms with Crippen LogP contribution in [-0.4, -0.2) is 6.54 Å². The summed E-state index contributed by atoms with van der Waals surface area (Å²) in [7, 11) is 0. The summed E-state index contributed by atoms with van der Waals surface area (Å²) in [6, 6.07) is 12.6. The third kappa shape index (κ3) is 3.55. The van der Waals surface area contributed by atoms with Gasteiger partial charge in [-0.15, -0.1) is 0 Å². The second-order valence-corrected chi connectivity index (χ2v) is 4.40. The van der Waals surface area contributed by atoms with Crippen molar-refractivity contribution in [1.82, 2.24) is 5.32 Å². The Kier molecular flexibility index (Phi) is 4.53. The Morgan fingerprint density at radius 3 is 2.68 bits per heavy atom. The lowest BCUT2D eigenvalue weighted by Crippen LogP contribution is -2.12. The molecule has 19 heavy (non-hydrogen) atoms. The van der Waals surface area contributed by atoms with Crippen LogP contribution in [0, 0.1) is 12.7 Å². The molecule has 2 rings (SSSR count). The molecule has 0 heterocycles. The maximum atomic E-state index is 13.2. The van der Waals surface area contributed by atoms with Gasteiger partial charge in [0, 0.05) is 12.1 Å². The lowest BCUT2D eigenvalue weighted by Gasteiger charge is -2.12. The van der Waals surface area contributed by atoms with Crippen LogP contribution in [-0.2, 0) is 6.54 Å². The van der Waals surface area contributed by atoms with E-state index in [1.165, 1.54) is 6.07 Å². The molecule has 3 heteroatoms. The zero-order valence-electron chi connectivity index (χ0n) is 11.2. The number of ether oxygens (including phenoxy) is 1. The summed E-state index contributed by atoms with van der Waals surface area (Å²) in [6.07, 6.45) is 0. The van der Waals surface area contributed by atoms with E-state index in [2.05, 4.69) is 12.2 Å². The van der Waals surface area contributed by atoms with Crippen molar-refractivity contribution >= 4 is 0 Å². The Morgan fingerprint density at radius 2 is 1.95 bits per heavy atom. The number of hydrogen-bond donors (Lipinski definition) is 1. The van der Waals surface area contributed by atoms with Gasteiger partial charge in [0.15, 0.2) is 0 Å². The normalized spacial score (nSPS) is 10.5. The van der Waals surface area contributed by atoms with Crippen LogP contribution < -0.4 is 10.1 Å². The van der Waals surface area contributed by atoms with Crippen molar-refractivity contribution in [2.75, 3.05) is 6.54 Å². The van der Waals surface area contributed by atoms with Crippen LogP contribution in [0.1, 0.15) is 18.1 Å². The van der Waals surface area contributed by atoms with E-state index in [1.807, 2.05) is 24.3 Å². The summed E-state index contributed by atoms with van der Waals surface area (Å²) in [4.78, 5) is 0. The van der Waals surface area contributed by atoms with Gasteiger partial charge < -0.3 is 10.1 Å². The smallest absolute Gasteiger partial charge is 0.131 e. The standard InChI is InChI=1S/C16H18FNO/c1-3-18-11-13-6-4-5-7-16(13)19-14-8-9-15(17)12(2)10-14/h4-10,18H,3,11H2,1-2H3. The van der Waals surface area contributed by atoms with Gasteiger partial charge in [0.05, 0.1) is 0 Å². The molecular formula is C16H18FNO. The van der Waals surface area contributed by atoms with Gasteiger partial charge in [-0.25, -0.2) is 4.39 Å². The molecule has 100 valence electrons. The first-order valence-corrected chi connectivity index (χ1v) is 6.43. The van der Waals surface area contributed by atoms with Crippen molar-refractivity contribution in [3.63, 3.8) is 0 Å². The third-order valence-corrected chi connectivity index (χ3v) is 2.90. The minimum Gasteiger partial charge on any atom is -0.457 e. The zero-order chi connectivity index (χ0) is 13.7. The van der Waals surface area contributed by atoms with Crippen LogP contribution in [0.25, 0.3) is 0 Å². The van der Waals surface area contributed by atoms with Crippen molar-refractivity contribution in [3.05, 3.63) is 59.4 Å². The first kappa shape index (κ1) is 13.6. The molecule has 0 bridgehead atoms. The molecule has 0 radical (unpaired) electrons. The van der Waals surface area contributed by atoms with Gasteiger partial charge in [-0.05, 0) is 43.3 Å². The Bertz CT molecular complexity index is 554. The molecule has 0 aliphatic heterocycles. The predicted octanol–water partition coefficient (Wildman–Crippen LogP) is 4.04. The average molecular weight is 259 g/mol. The van der Waals surface area contributed by atoms with Crippen LogP contribution >= 0.6 is 0 Å². The molecule has 0 fully saturated rings. The van der Waals surface area contributed by atoms with E-state index in [0.717, 1.165) is 24.4 Å². The molecule has 2 nitrogen and oxygen atoms in total. The Labute approximate surface area is 113 Å². The largest absolute Gasteiger partial charge is 0.457 e. The first-order chi connectivity index (χ1) is 9.20. The van der Waals surface area contributed by atoms with E-state index in [4.69, 9.17) is 4.74 Å². The fourth-order valence-corrected chi connectivity index (χ4v) is 1.82. The molecule has 2 aromatic carbocycles. The molecule has 2 aromatic rings. The van der Waals surface area contributed by atoms with E-state index in [-0.39, 0.29) is 5.82 Å². The van der Waals surface area contributed by atoms with E-state index < -0.39 is 0 Å². The predicted molar refractivity (Wildman–Crippen MR) is 75.0 cm³/mol. The van der Waals surface area contributed by atoms with E-state index in [9.17, 15) is 4.39 Å². The molecule has 0 saturated heterocycles. The maximum Gasteiger partial charge on any atom is 0.131 e. The van der Waals surface area contributed by atoms with E-state index >= 15 is 0 Å². The van der Waals surface area contributed by atoms with E-state index in [1.54, 1.807) is 19.1 Å². The Morgan fingerprint density at radius 1 is 1.16 bits per heavy atom. The lowest BCUT2D eigenvalue weighted by atomic mass is 10.2. The van der Waals surface area contributed by atoms with Crippen LogP contribution in [0.2, 0.25) is 0 Å². The van der Waals surface area contributed by atoms with Gasteiger partial charge in [0.1, 0.15) is 17.3 Å². The highest BCUT2D eigenvalue weighted by Crippen LogP contribution is 2.26. The number of nitrogens with one attached hydrogen (secondary N) is 1. The molecule has 0 aromatic heterocycles. The molecule has 0 amide bonds. The molecule has 0 aliphatic carbocycles. The zero-order valence-corrected chi connectivity index (χ0v) is 11.2. The summed E-state index contributed by atoms with van der Waals surface area (Å²) in [6.45, 7) is 5.45. The fourth-order valence-electron chi connectivity index (χ4n) is 1.82. The number of aryl methyl sites for hydroxylation is 1. The topological polar surface area (TPSA) is 21.3 Å². The van der Waals surface area contributed by atoms with Crippen molar-refractivity contribution in [2.45, 2.75) is 20.4 Å². The highest BCUT2D eigenvalue weighted by Gasteiger charge is 2.05. The van der Waals surface area contributed by atoms with Crippen LogP contribution in [0.4, 0.5) is 4.39 Å². The molecule has 0 unspecified atom stereocenters. The van der Waals surface area contributed by atoms with Gasteiger partial charge in [-0.2, -0.15) is 0 Å². The lowest BCUT2D eigenvalue weighted by molar-refractivity contribution is 0.470. The van der Waals surface area contributed by atoms with Gasteiger partial charge in [0.2, 0.25) is 0 Å². The second-order valence-electron chi connectivity index (χ2n) is 4.40. The molecule has 0 saturated carbocycles. The third-order valence-electron chi connectivity index (χ3n) is 2.90. The highest BCUT2D eigenvalue weighted by atomic mass is 19.1. The monoisotopic (exact) mass is 259 g/mol. The second kappa shape index (κ2) is 6.34.